The molecule has 8 heteroatoms. The third-order valence-corrected chi connectivity index (χ3v) is 4.99. The molecule has 144 valence electrons. The SMILES string of the molecule is Cc1c(N[C@H]2C(=O)NN(C(=O)c3ccccc3)OC2(C)C)ccc(C#N)c1Cl. The van der Waals surface area contributed by atoms with Gasteiger partial charge >= 0.3 is 0 Å². The van der Waals surface area contributed by atoms with E-state index in [-0.39, 0.29) is 0 Å². The monoisotopic (exact) mass is 398 g/mol. The fourth-order valence-electron chi connectivity index (χ4n) is 2.90. The fraction of sp³-hybridized carbons (Fsp3) is 0.250. The normalized spacial score (nSPS) is 18.2. The van der Waals surface area contributed by atoms with E-state index in [1.807, 2.05) is 6.07 Å². The Morgan fingerprint density at radius 1 is 1.29 bits per heavy atom. The summed E-state index contributed by atoms with van der Waals surface area (Å²) in [6.07, 6.45) is 0. The lowest BCUT2D eigenvalue weighted by Gasteiger charge is -2.42. The van der Waals surface area contributed by atoms with Gasteiger partial charge in [0.2, 0.25) is 0 Å². The highest BCUT2D eigenvalue weighted by atomic mass is 35.5. The minimum Gasteiger partial charge on any atom is -0.371 e. The molecule has 7 nitrogen and oxygen atoms in total. The van der Waals surface area contributed by atoms with Crippen molar-refractivity contribution in [1.82, 2.24) is 10.6 Å². The summed E-state index contributed by atoms with van der Waals surface area (Å²) in [5.74, 6) is -0.904. The van der Waals surface area contributed by atoms with Crippen LogP contribution in [0.3, 0.4) is 0 Å². The van der Waals surface area contributed by atoms with Gasteiger partial charge in [-0.25, -0.2) is 10.3 Å². The molecule has 0 radical (unpaired) electrons. The maximum atomic E-state index is 12.7. The van der Waals surface area contributed by atoms with Gasteiger partial charge in [0.25, 0.3) is 11.8 Å². The molecular weight excluding hydrogens is 380 g/mol. The lowest BCUT2D eigenvalue weighted by Crippen LogP contribution is -2.66. The molecule has 1 aliphatic heterocycles. The third kappa shape index (κ3) is 3.65. The van der Waals surface area contributed by atoms with E-state index in [1.54, 1.807) is 63.2 Å². The summed E-state index contributed by atoms with van der Waals surface area (Å²) >= 11 is 6.21. The van der Waals surface area contributed by atoms with Gasteiger partial charge in [0, 0.05) is 11.3 Å². The summed E-state index contributed by atoms with van der Waals surface area (Å²) in [5.41, 5.74) is 3.42. The first-order valence-corrected chi connectivity index (χ1v) is 8.97. The van der Waals surface area contributed by atoms with Gasteiger partial charge in [0.15, 0.2) is 0 Å². The van der Waals surface area contributed by atoms with Crippen LogP contribution in [0, 0.1) is 18.3 Å². The van der Waals surface area contributed by atoms with Crippen molar-refractivity contribution >= 4 is 29.1 Å². The van der Waals surface area contributed by atoms with Crippen LogP contribution < -0.4 is 10.7 Å². The molecule has 0 aromatic heterocycles. The molecule has 2 amide bonds. The third-order valence-electron chi connectivity index (χ3n) is 4.51. The number of hydroxylamine groups is 1. The van der Waals surface area contributed by atoms with E-state index in [9.17, 15) is 9.59 Å². The first-order chi connectivity index (χ1) is 13.2. The molecule has 28 heavy (non-hydrogen) atoms. The van der Waals surface area contributed by atoms with Gasteiger partial charge < -0.3 is 5.32 Å². The molecule has 1 atom stereocenters. The van der Waals surface area contributed by atoms with E-state index in [4.69, 9.17) is 21.7 Å². The number of amides is 2. The van der Waals surface area contributed by atoms with Crippen molar-refractivity contribution in [2.45, 2.75) is 32.4 Å². The number of carbonyl (C=O) groups excluding carboxylic acids is 2. The minimum atomic E-state index is -1.04. The van der Waals surface area contributed by atoms with E-state index < -0.39 is 23.5 Å². The number of nitriles is 1. The number of nitrogens with one attached hydrogen (secondary N) is 2. The maximum absolute atomic E-state index is 12.7. The predicted octanol–water partition coefficient (Wildman–Crippen LogP) is 3.20. The van der Waals surface area contributed by atoms with Crippen molar-refractivity contribution in [3.63, 3.8) is 0 Å². The zero-order valence-corrected chi connectivity index (χ0v) is 16.4. The Bertz CT molecular complexity index is 969. The summed E-state index contributed by atoms with van der Waals surface area (Å²) < 4.78 is 0. The van der Waals surface area contributed by atoms with Gasteiger partial charge in [-0.15, -0.1) is 5.17 Å². The number of anilines is 1. The number of nitrogens with zero attached hydrogens (tertiary/aromatic N) is 2. The lowest BCUT2D eigenvalue weighted by molar-refractivity contribution is -0.252. The average Bonchev–Trinajstić information content (AvgIpc) is 2.67. The molecule has 2 aromatic carbocycles. The topological polar surface area (TPSA) is 94.5 Å². The van der Waals surface area contributed by atoms with Crippen LogP contribution in [0.4, 0.5) is 5.69 Å². The molecule has 2 aromatic rings. The van der Waals surface area contributed by atoms with E-state index in [0.717, 1.165) is 5.17 Å². The fourth-order valence-corrected chi connectivity index (χ4v) is 3.11. The van der Waals surface area contributed by atoms with Crippen LogP contribution in [-0.2, 0) is 9.63 Å². The van der Waals surface area contributed by atoms with E-state index in [1.165, 1.54) is 0 Å². The van der Waals surface area contributed by atoms with Crippen LogP contribution in [-0.4, -0.2) is 28.6 Å². The van der Waals surface area contributed by atoms with Crippen molar-refractivity contribution in [2.75, 3.05) is 5.32 Å². The zero-order chi connectivity index (χ0) is 20.5. The Hall–Kier alpha value is -3.08. The molecule has 0 spiro atoms. The molecule has 2 N–H and O–H groups in total. The Morgan fingerprint density at radius 2 is 1.96 bits per heavy atom. The Labute approximate surface area is 167 Å². The summed E-state index contributed by atoms with van der Waals surface area (Å²) in [7, 11) is 0. The largest absolute Gasteiger partial charge is 0.371 e. The van der Waals surface area contributed by atoms with Crippen LogP contribution in [0.5, 0.6) is 0 Å². The van der Waals surface area contributed by atoms with Gasteiger partial charge in [-0.1, -0.05) is 29.8 Å². The minimum absolute atomic E-state index is 0.323. The second-order valence-electron chi connectivity index (χ2n) is 6.93. The van der Waals surface area contributed by atoms with Gasteiger partial charge in [0.05, 0.1) is 10.6 Å². The lowest BCUT2D eigenvalue weighted by atomic mass is 9.96. The Balaban J connectivity index is 1.82. The number of hydrogen-bond donors (Lipinski definition) is 2. The second kappa shape index (κ2) is 7.50. The van der Waals surface area contributed by atoms with Gasteiger partial charge in [-0.05, 0) is 50.6 Å². The van der Waals surface area contributed by atoms with Crippen LogP contribution in [0.2, 0.25) is 5.02 Å². The van der Waals surface area contributed by atoms with Crippen molar-refractivity contribution < 1.29 is 14.4 Å². The highest BCUT2D eigenvalue weighted by Crippen LogP contribution is 2.31. The number of rotatable bonds is 3. The van der Waals surface area contributed by atoms with Gasteiger partial charge in [-0.2, -0.15) is 5.26 Å². The Kier molecular flexibility index (Phi) is 5.27. The van der Waals surface area contributed by atoms with Crippen LogP contribution >= 0.6 is 11.6 Å². The van der Waals surface area contributed by atoms with E-state index >= 15 is 0 Å². The Morgan fingerprint density at radius 3 is 2.57 bits per heavy atom. The number of hydrazine groups is 1. The van der Waals surface area contributed by atoms with Crippen LogP contribution in [0.25, 0.3) is 0 Å². The summed E-state index contributed by atoms with van der Waals surface area (Å²) in [6, 6.07) is 13.0. The van der Waals surface area contributed by atoms with E-state index in [2.05, 4.69) is 10.7 Å². The smallest absolute Gasteiger partial charge is 0.297 e. The van der Waals surface area contributed by atoms with Crippen LogP contribution in [0.1, 0.15) is 35.3 Å². The summed E-state index contributed by atoms with van der Waals surface area (Å²) in [6.45, 7) is 5.16. The van der Waals surface area contributed by atoms with Crippen molar-refractivity contribution in [2.24, 2.45) is 0 Å². The van der Waals surface area contributed by atoms with Crippen LogP contribution in [0.15, 0.2) is 42.5 Å². The molecule has 0 bridgehead atoms. The molecule has 1 saturated heterocycles. The number of carbonyl (C=O) groups is 2. The number of benzene rings is 2. The summed E-state index contributed by atoms with van der Waals surface area (Å²) in [5, 5.41) is 13.4. The predicted molar refractivity (Wildman–Crippen MR) is 104 cm³/mol. The quantitative estimate of drug-likeness (QED) is 0.827. The highest BCUT2D eigenvalue weighted by molar-refractivity contribution is 6.32. The van der Waals surface area contributed by atoms with E-state index in [0.29, 0.717) is 27.4 Å². The van der Waals surface area contributed by atoms with Crippen molar-refractivity contribution in [1.29, 1.82) is 5.26 Å². The molecule has 0 aliphatic carbocycles. The number of halogens is 1. The zero-order valence-electron chi connectivity index (χ0n) is 15.6. The average molecular weight is 399 g/mol. The highest BCUT2D eigenvalue weighted by Gasteiger charge is 2.45. The van der Waals surface area contributed by atoms with Gasteiger partial charge in [0.1, 0.15) is 17.7 Å². The molecule has 0 unspecified atom stereocenters. The standard InChI is InChI=1S/C20H19ClN4O3/c1-12-15(10-9-14(11-22)16(12)21)23-17-18(26)24-25(28-20(17,2)3)19(27)13-7-5-4-6-8-13/h4-10,17,23H,1-3H3,(H,24,26)/t17-/m0/s1. The first-order valence-electron chi connectivity index (χ1n) is 8.59. The second-order valence-corrected chi connectivity index (χ2v) is 7.30. The number of hydrogen-bond acceptors (Lipinski definition) is 5. The van der Waals surface area contributed by atoms with Crippen molar-refractivity contribution in [3.05, 3.63) is 64.2 Å². The maximum Gasteiger partial charge on any atom is 0.297 e. The first kappa shape index (κ1) is 19.7. The molecule has 0 saturated carbocycles. The molecule has 3 rings (SSSR count). The molecule has 1 aliphatic rings. The summed E-state index contributed by atoms with van der Waals surface area (Å²) in [4.78, 5) is 31.1. The van der Waals surface area contributed by atoms with Gasteiger partial charge in [-0.3, -0.25) is 9.59 Å². The molecule has 1 fully saturated rings. The molecular formula is C20H19ClN4O3. The molecule has 1 heterocycles. The van der Waals surface area contributed by atoms with Crippen molar-refractivity contribution in [3.8, 4) is 6.07 Å².